The predicted molar refractivity (Wildman–Crippen MR) is 164 cm³/mol. The monoisotopic (exact) mass is 592 g/mol. The number of para-hydroxylation sites is 1. The molecule has 0 radical (unpaired) electrons. The Labute approximate surface area is 232 Å². The Balaban J connectivity index is 1.86. The van der Waals surface area contributed by atoms with Crippen LogP contribution in [-0.4, -0.2) is 9.72 Å². The molecule has 1 atom stereocenters. The maximum absolute atomic E-state index is 7.07. The summed E-state index contributed by atoms with van der Waals surface area (Å²) in [6.07, 6.45) is 0. The second kappa shape index (κ2) is 9.98. The standard InChI is InChI=1S/C31H31BrClN2OP/c1-6-35-29-13-8-7-12-26(29)27-20-25(16-17-30(27)35)37(31(3,4)5,36-24-11-9-10-22(32)18-24)34-23-15-14-21(2)28(33)19-23/h7-20H,6H2,1-5H3/t37-/m1/s1. The Bertz CT molecular complexity index is 1680. The molecule has 1 heterocycles. The van der Waals surface area contributed by atoms with E-state index >= 15 is 0 Å². The van der Waals surface area contributed by atoms with Crippen molar-refractivity contribution in [1.29, 1.82) is 0 Å². The number of aryl methyl sites for hydroxylation is 2. The highest BCUT2D eigenvalue weighted by Gasteiger charge is 2.39. The number of nitrogens with zero attached hydrogens (tertiary/aromatic N) is 2. The van der Waals surface area contributed by atoms with Gasteiger partial charge in [-0.3, -0.25) is 0 Å². The minimum absolute atomic E-state index is 0.302. The molecular weight excluding hydrogens is 563 g/mol. The van der Waals surface area contributed by atoms with Crippen molar-refractivity contribution in [1.82, 2.24) is 4.57 Å². The van der Waals surface area contributed by atoms with Crippen molar-refractivity contribution in [3.63, 3.8) is 0 Å². The van der Waals surface area contributed by atoms with Crippen molar-refractivity contribution >= 4 is 67.6 Å². The summed E-state index contributed by atoms with van der Waals surface area (Å²) in [6.45, 7) is 11.8. The topological polar surface area (TPSA) is 26.5 Å². The minimum Gasteiger partial charge on any atom is -0.455 e. The normalized spacial score (nSPS) is 13.6. The molecule has 3 nitrogen and oxygen atoms in total. The highest BCUT2D eigenvalue weighted by Crippen LogP contribution is 2.62. The third kappa shape index (κ3) is 4.76. The Hall–Kier alpha value is -2.52. The molecule has 0 spiro atoms. The number of hydrogen-bond acceptors (Lipinski definition) is 2. The van der Waals surface area contributed by atoms with E-state index in [1.807, 2.05) is 49.4 Å². The van der Waals surface area contributed by atoms with E-state index in [-0.39, 0.29) is 5.16 Å². The zero-order chi connectivity index (χ0) is 26.4. The minimum atomic E-state index is -2.68. The predicted octanol–water partition coefficient (Wildman–Crippen LogP) is 10.5. The summed E-state index contributed by atoms with van der Waals surface area (Å²) in [4.78, 5) is 0. The van der Waals surface area contributed by atoms with Gasteiger partial charge in [-0.25, -0.2) is 4.74 Å². The maximum atomic E-state index is 7.07. The molecule has 0 fully saturated rings. The fourth-order valence-corrected chi connectivity index (χ4v) is 8.47. The van der Waals surface area contributed by atoms with Crippen LogP contribution in [0.1, 0.15) is 33.3 Å². The van der Waals surface area contributed by atoms with Crippen molar-refractivity contribution < 1.29 is 4.52 Å². The Morgan fingerprint density at radius 2 is 1.65 bits per heavy atom. The molecule has 0 unspecified atom stereocenters. The summed E-state index contributed by atoms with van der Waals surface area (Å²) in [7, 11) is -2.68. The third-order valence-corrected chi connectivity index (χ3v) is 11.5. The lowest BCUT2D eigenvalue weighted by Crippen LogP contribution is -2.27. The van der Waals surface area contributed by atoms with Crippen LogP contribution in [0, 0.1) is 6.92 Å². The number of halogens is 2. The molecule has 0 N–H and O–H groups in total. The molecule has 0 aliphatic heterocycles. The van der Waals surface area contributed by atoms with Gasteiger partial charge in [0.1, 0.15) is 5.75 Å². The zero-order valence-corrected chi connectivity index (χ0v) is 25.0. The summed E-state index contributed by atoms with van der Waals surface area (Å²) in [5, 5.41) is 3.97. The molecule has 0 aliphatic carbocycles. The van der Waals surface area contributed by atoms with Gasteiger partial charge in [0, 0.05) is 48.3 Å². The fraction of sp³-hybridized carbons (Fsp3) is 0.226. The van der Waals surface area contributed by atoms with Gasteiger partial charge in [0.2, 0.25) is 0 Å². The lowest BCUT2D eigenvalue weighted by molar-refractivity contribution is 0.571. The van der Waals surface area contributed by atoms with Crippen molar-refractivity contribution in [2.75, 3.05) is 0 Å². The van der Waals surface area contributed by atoms with E-state index in [0.29, 0.717) is 5.02 Å². The second-order valence-electron chi connectivity index (χ2n) is 10.3. The first-order valence-electron chi connectivity index (χ1n) is 12.5. The molecule has 5 rings (SSSR count). The van der Waals surface area contributed by atoms with Gasteiger partial charge in [0.15, 0.2) is 7.28 Å². The quantitative estimate of drug-likeness (QED) is 0.186. The van der Waals surface area contributed by atoms with Crippen molar-refractivity contribution in [2.45, 2.75) is 46.3 Å². The van der Waals surface area contributed by atoms with Gasteiger partial charge in [-0.05, 0) is 74.0 Å². The molecule has 4 aromatic carbocycles. The lowest BCUT2D eigenvalue weighted by atomic mass is 10.1. The van der Waals surface area contributed by atoms with E-state index in [1.54, 1.807) is 0 Å². The smallest absolute Gasteiger partial charge is 0.173 e. The van der Waals surface area contributed by atoms with E-state index < -0.39 is 7.28 Å². The number of benzene rings is 4. The fourth-order valence-electron chi connectivity index (χ4n) is 4.86. The average molecular weight is 594 g/mol. The first-order valence-corrected chi connectivity index (χ1v) is 15.3. The van der Waals surface area contributed by atoms with Crippen LogP contribution in [0.4, 0.5) is 5.69 Å². The zero-order valence-electron chi connectivity index (χ0n) is 21.8. The van der Waals surface area contributed by atoms with Gasteiger partial charge in [-0.1, -0.05) is 78.6 Å². The third-order valence-electron chi connectivity index (χ3n) is 6.78. The highest BCUT2D eigenvalue weighted by molar-refractivity contribution is 9.10. The van der Waals surface area contributed by atoms with Crippen LogP contribution in [0.25, 0.3) is 21.8 Å². The molecule has 5 aromatic rings. The molecule has 1 aromatic heterocycles. The summed E-state index contributed by atoms with van der Waals surface area (Å²) in [5.41, 5.74) is 4.32. The summed E-state index contributed by atoms with van der Waals surface area (Å²) < 4.78 is 15.9. The summed E-state index contributed by atoms with van der Waals surface area (Å²) >= 11 is 10.2. The van der Waals surface area contributed by atoms with E-state index in [2.05, 4.69) is 90.7 Å². The Morgan fingerprint density at radius 3 is 2.35 bits per heavy atom. The average Bonchev–Trinajstić information content (AvgIpc) is 3.18. The second-order valence-corrected chi connectivity index (χ2v) is 15.0. The van der Waals surface area contributed by atoms with Gasteiger partial charge in [0.25, 0.3) is 0 Å². The number of fused-ring (bicyclic) bond motifs is 3. The van der Waals surface area contributed by atoms with Gasteiger partial charge in [-0.15, -0.1) is 0 Å². The van der Waals surface area contributed by atoms with Gasteiger partial charge in [-0.2, -0.15) is 0 Å². The van der Waals surface area contributed by atoms with E-state index in [9.17, 15) is 0 Å². The van der Waals surface area contributed by atoms with Crippen LogP contribution in [-0.2, 0) is 6.54 Å². The van der Waals surface area contributed by atoms with Crippen LogP contribution >= 0.6 is 34.8 Å². The molecule has 190 valence electrons. The number of aromatic nitrogens is 1. The van der Waals surface area contributed by atoms with Crippen LogP contribution < -0.4 is 9.83 Å². The highest BCUT2D eigenvalue weighted by atomic mass is 79.9. The number of hydrogen-bond donors (Lipinski definition) is 0. The van der Waals surface area contributed by atoms with E-state index in [4.69, 9.17) is 20.9 Å². The largest absolute Gasteiger partial charge is 0.455 e. The van der Waals surface area contributed by atoms with Gasteiger partial charge >= 0.3 is 0 Å². The Kier molecular flexibility index (Phi) is 7.04. The van der Waals surface area contributed by atoms with Gasteiger partial charge in [0.05, 0.1) is 5.69 Å². The Morgan fingerprint density at radius 1 is 0.892 bits per heavy atom. The van der Waals surface area contributed by atoms with Crippen molar-refractivity contribution in [2.24, 2.45) is 4.74 Å². The molecule has 0 saturated carbocycles. The molecule has 6 heteroatoms. The molecular formula is C31H31BrClN2OP. The SMILES string of the molecule is CCn1c2ccccc2c2cc([P@@](=Nc3ccc(C)c(Cl)c3)(Oc3cccc(Br)c3)C(C)(C)C)ccc21. The van der Waals surface area contributed by atoms with Gasteiger partial charge < -0.3 is 9.09 Å². The summed E-state index contributed by atoms with van der Waals surface area (Å²) in [6, 6.07) is 29.4. The first kappa shape index (κ1) is 26.1. The van der Waals surface area contributed by atoms with Crippen LogP contribution in [0.15, 0.2) is 94.1 Å². The van der Waals surface area contributed by atoms with Crippen LogP contribution in [0.3, 0.4) is 0 Å². The van der Waals surface area contributed by atoms with Crippen LogP contribution in [0.5, 0.6) is 5.75 Å². The molecule has 0 bridgehead atoms. The first-order chi connectivity index (χ1) is 17.6. The molecule has 0 aliphatic rings. The molecule has 37 heavy (non-hydrogen) atoms. The summed E-state index contributed by atoms with van der Waals surface area (Å²) in [5.74, 6) is 0.788. The van der Waals surface area contributed by atoms with Crippen molar-refractivity contribution in [3.8, 4) is 5.75 Å². The lowest BCUT2D eigenvalue weighted by Gasteiger charge is -2.37. The molecule has 0 saturated heterocycles. The van der Waals surface area contributed by atoms with Crippen molar-refractivity contribution in [3.05, 3.63) is 100.0 Å². The van der Waals surface area contributed by atoms with E-state index in [0.717, 1.165) is 33.3 Å². The maximum Gasteiger partial charge on any atom is 0.173 e. The van der Waals surface area contributed by atoms with Crippen LogP contribution in [0.2, 0.25) is 5.02 Å². The van der Waals surface area contributed by atoms with E-state index in [1.165, 1.54) is 21.8 Å². The number of rotatable bonds is 5. The molecule has 0 amide bonds.